The number of nitrogens with zero attached hydrogens (tertiary/aromatic N) is 3. The molecule has 0 spiro atoms. The van der Waals surface area contributed by atoms with Crippen LogP contribution in [0.4, 0.5) is 0 Å². The van der Waals surface area contributed by atoms with Crippen LogP contribution in [0, 0.1) is 11.3 Å². The molecule has 0 radical (unpaired) electrons. The van der Waals surface area contributed by atoms with Crippen LogP contribution in [0.25, 0.3) is 0 Å². The van der Waals surface area contributed by atoms with Crippen molar-refractivity contribution >= 4 is 23.4 Å². The molecule has 0 fully saturated rings. The Hall–Kier alpha value is -1.84. The zero-order valence-corrected chi connectivity index (χ0v) is 12.3. The molecule has 0 unspecified atom stereocenters. The van der Waals surface area contributed by atoms with Crippen LogP contribution in [0.5, 0.6) is 0 Å². The monoisotopic (exact) mass is 306 g/mol. The molecule has 7 heteroatoms. The third-order valence-corrected chi connectivity index (χ3v) is 3.83. The fraction of sp³-hybridized carbons (Fsp3) is 0.231. The van der Waals surface area contributed by atoms with Gasteiger partial charge in [-0.3, -0.25) is 4.79 Å². The number of hydrogen-bond acceptors (Lipinski definition) is 5. The van der Waals surface area contributed by atoms with Gasteiger partial charge in [-0.1, -0.05) is 24.9 Å². The fourth-order valence-electron chi connectivity index (χ4n) is 1.59. The van der Waals surface area contributed by atoms with E-state index in [-0.39, 0.29) is 10.6 Å². The predicted molar refractivity (Wildman–Crippen MR) is 76.9 cm³/mol. The van der Waals surface area contributed by atoms with E-state index in [1.54, 1.807) is 0 Å². The summed E-state index contributed by atoms with van der Waals surface area (Å²) in [7, 11) is 0. The van der Waals surface area contributed by atoms with Crippen LogP contribution in [-0.4, -0.2) is 15.0 Å². The number of hydrogen-bond donors (Lipinski definition) is 1. The Labute approximate surface area is 125 Å². The smallest absolute Gasteiger partial charge is 0.251 e. The first kappa shape index (κ1) is 14.6. The molecule has 0 aliphatic carbocycles. The van der Waals surface area contributed by atoms with Crippen molar-refractivity contribution < 1.29 is 0 Å². The third kappa shape index (κ3) is 3.38. The summed E-state index contributed by atoms with van der Waals surface area (Å²) in [5, 5.41) is 10.1. The van der Waals surface area contributed by atoms with Crippen LogP contribution in [0.15, 0.2) is 33.3 Å². The van der Waals surface area contributed by atoms with Crippen LogP contribution in [0.3, 0.4) is 0 Å². The first-order valence-electron chi connectivity index (χ1n) is 5.96. The minimum absolute atomic E-state index is 0.210. The fourth-order valence-corrected chi connectivity index (χ4v) is 2.67. The number of aryl methyl sites for hydroxylation is 1. The Bertz CT molecular complexity index is 723. The summed E-state index contributed by atoms with van der Waals surface area (Å²) in [6, 6.07) is 5.01. The van der Waals surface area contributed by atoms with Crippen molar-refractivity contribution in [1.29, 1.82) is 5.26 Å². The summed E-state index contributed by atoms with van der Waals surface area (Å²) in [5.41, 5.74) is 0.862. The lowest BCUT2D eigenvalue weighted by atomic mass is 10.2. The lowest BCUT2D eigenvalue weighted by Crippen LogP contribution is -2.10. The minimum Gasteiger partial charge on any atom is -0.301 e. The van der Waals surface area contributed by atoms with Crippen LogP contribution in [-0.2, 0) is 6.42 Å². The molecular weight excluding hydrogens is 296 g/mol. The summed E-state index contributed by atoms with van der Waals surface area (Å²) in [4.78, 5) is 22.6. The van der Waals surface area contributed by atoms with Gasteiger partial charge < -0.3 is 4.98 Å². The van der Waals surface area contributed by atoms with Gasteiger partial charge in [-0.2, -0.15) is 5.26 Å². The van der Waals surface area contributed by atoms with Gasteiger partial charge in [0.2, 0.25) is 0 Å². The van der Waals surface area contributed by atoms with E-state index in [2.05, 4.69) is 15.0 Å². The van der Waals surface area contributed by atoms with Gasteiger partial charge in [0.05, 0.1) is 10.6 Å². The third-order valence-electron chi connectivity index (χ3n) is 2.45. The number of halogens is 1. The summed E-state index contributed by atoms with van der Waals surface area (Å²) in [6.07, 6.45) is 3.14. The molecule has 0 saturated heterocycles. The second-order valence-corrected chi connectivity index (χ2v) is 5.34. The second-order valence-electron chi connectivity index (χ2n) is 3.98. The standard InChI is InChI=1S/C13H11ClN4OS/c1-2-3-9-6-10(19)18-13(17-9)20-12-11(14)8(7-15)4-5-16-12/h4-6H,2-3H2,1H3,(H,17,18,19). The highest BCUT2D eigenvalue weighted by atomic mass is 35.5. The quantitative estimate of drug-likeness (QED) is 0.878. The molecule has 0 atom stereocenters. The lowest BCUT2D eigenvalue weighted by molar-refractivity contribution is 0.815. The van der Waals surface area contributed by atoms with Crippen molar-refractivity contribution in [3.05, 3.63) is 45.0 Å². The number of aromatic amines is 1. The van der Waals surface area contributed by atoms with Gasteiger partial charge in [-0.25, -0.2) is 9.97 Å². The van der Waals surface area contributed by atoms with Crippen molar-refractivity contribution in [2.75, 3.05) is 0 Å². The van der Waals surface area contributed by atoms with E-state index in [1.165, 1.54) is 18.3 Å². The predicted octanol–water partition coefficient (Wildman–Crippen LogP) is 2.79. The second kappa shape index (κ2) is 6.55. The van der Waals surface area contributed by atoms with Crippen LogP contribution in [0.2, 0.25) is 5.02 Å². The van der Waals surface area contributed by atoms with Crippen LogP contribution >= 0.6 is 23.4 Å². The molecule has 0 saturated carbocycles. The maximum Gasteiger partial charge on any atom is 0.251 e. The van der Waals surface area contributed by atoms with Crippen molar-refractivity contribution in [3.63, 3.8) is 0 Å². The van der Waals surface area contributed by atoms with E-state index in [0.717, 1.165) is 30.3 Å². The highest BCUT2D eigenvalue weighted by molar-refractivity contribution is 7.99. The Morgan fingerprint density at radius 3 is 3.05 bits per heavy atom. The molecule has 20 heavy (non-hydrogen) atoms. The molecule has 0 bridgehead atoms. The summed E-state index contributed by atoms with van der Waals surface area (Å²) >= 11 is 7.21. The minimum atomic E-state index is -0.210. The number of pyridine rings is 1. The molecule has 5 nitrogen and oxygen atoms in total. The highest BCUT2D eigenvalue weighted by Gasteiger charge is 2.11. The molecule has 2 aromatic heterocycles. The largest absolute Gasteiger partial charge is 0.301 e. The Morgan fingerprint density at radius 2 is 2.35 bits per heavy atom. The number of nitrogens with one attached hydrogen (secondary N) is 1. The maximum atomic E-state index is 11.6. The van der Waals surface area contributed by atoms with E-state index in [9.17, 15) is 4.79 Å². The molecule has 1 N–H and O–H groups in total. The lowest BCUT2D eigenvalue weighted by Gasteiger charge is -2.05. The van der Waals surface area contributed by atoms with Gasteiger partial charge in [-0.15, -0.1) is 0 Å². The molecule has 2 heterocycles. The zero-order chi connectivity index (χ0) is 14.5. The van der Waals surface area contributed by atoms with E-state index in [4.69, 9.17) is 16.9 Å². The zero-order valence-electron chi connectivity index (χ0n) is 10.7. The molecule has 2 rings (SSSR count). The van der Waals surface area contributed by atoms with Crippen molar-refractivity contribution in [2.24, 2.45) is 0 Å². The Morgan fingerprint density at radius 1 is 1.55 bits per heavy atom. The SMILES string of the molecule is CCCc1cc(=O)[nH]c(Sc2nccc(C#N)c2Cl)n1. The molecule has 0 aliphatic heterocycles. The van der Waals surface area contributed by atoms with Gasteiger partial charge >= 0.3 is 0 Å². The van der Waals surface area contributed by atoms with E-state index in [0.29, 0.717) is 15.7 Å². The summed E-state index contributed by atoms with van der Waals surface area (Å²) in [5.74, 6) is 0. The molecule has 0 aromatic carbocycles. The van der Waals surface area contributed by atoms with Crippen LogP contribution < -0.4 is 5.56 Å². The molecule has 0 amide bonds. The maximum absolute atomic E-state index is 11.6. The van der Waals surface area contributed by atoms with Crippen LogP contribution in [0.1, 0.15) is 24.6 Å². The first-order chi connectivity index (χ1) is 9.63. The highest BCUT2D eigenvalue weighted by Crippen LogP contribution is 2.30. The molecular formula is C13H11ClN4OS. The molecule has 2 aromatic rings. The number of nitriles is 1. The van der Waals surface area contributed by atoms with E-state index in [1.807, 2.05) is 13.0 Å². The molecule has 102 valence electrons. The topological polar surface area (TPSA) is 82.4 Å². The van der Waals surface area contributed by atoms with E-state index >= 15 is 0 Å². The average molecular weight is 307 g/mol. The Balaban J connectivity index is 2.35. The van der Waals surface area contributed by atoms with Gasteiger partial charge in [0.25, 0.3) is 5.56 Å². The van der Waals surface area contributed by atoms with Gasteiger partial charge in [0, 0.05) is 18.0 Å². The summed E-state index contributed by atoms with van der Waals surface area (Å²) in [6.45, 7) is 2.02. The van der Waals surface area contributed by atoms with E-state index < -0.39 is 0 Å². The summed E-state index contributed by atoms with van der Waals surface area (Å²) < 4.78 is 0. The number of aromatic nitrogens is 3. The van der Waals surface area contributed by atoms with Crippen molar-refractivity contribution in [1.82, 2.24) is 15.0 Å². The van der Waals surface area contributed by atoms with Gasteiger partial charge in [-0.05, 0) is 24.2 Å². The van der Waals surface area contributed by atoms with Gasteiger partial charge in [0.15, 0.2) is 5.16 Å². The first-order valence-corrected chi connectivity index (χ1v) is 7.16. The average Bonchev–Trinajstić information content (AvgIpc) is 2.41. The molecule has 0 aliphatic rings. The van der Waals surface area contributed by atoms with Crippen molar-refractivity contribution in [3.8, 4) is 6.07 Å². The Kier molecular flexibility index (Phi) is 4.77. The number of H-pyrrole nitrogens is 1. The van der Waals surface area contributed by atoms with Gasteiger partial charge in [0.1, 0.15) is 11.1 Å². The van der Waals surface area contributed by atoms with Crippen molar-refractivity contribution in [2.45, 2.75) is 29.9 Å². The normalized spacial score (nSPS) is 10.2. The number of rotatable bonds is 4.